The van der Waals surface area contributed by atoms with Gasteiger partial charge < -0.3 is 10.2 Å². The third kappa shape index (κ3) is 5.68. The Balaban J connectivity index is 4.26. The minimum absolute atomic E-state index is 0.335. The second-order valence-corrected chi connectivity index (χ2v) is 6.51. The van der Waals surface area contributed by atoms with Crippen molar-refractivity contribution < 1.29 is 10.2 Å². The molecule has 0 aromatic heterocycles. The molecule has 0 aliphatic heterocycles. The van der Waals surface area contributed by atoms with E-state index in [1.165, 1.54) is 0 Å². The van der Waals surface area contributed by atoms with Gasteiger partial charge in [0.05, 0.1) is 16.5 Å². The molecule has 15 heavy (non-hydrogen) atoms. The molecule has 0 aromatic rings. The Morgan fingerprint density at radius 2 is 2.07 bits per heavy atom. The second kappa shape index (κ2) is 7.28. The fraction of sp³-hybridized carbons (Fsp3) is 0.800. The third-order valence-corrected chi connectivity index (χ3v) is 4.59. The van der Waals surface area contributed by atoms with Crippen LogP contribution in [0.15, 0.2) is 11.6 Å². The Kier molecular flexibility index (Phi) is 7.72. The summed E-state index contributed by atoms with van der Waals surface area (Å²) in [5, 5.41) is 19.8. The van der Waals surface area contributed by atoms with Crippen LogP contribution in [0.3, 0.4) is 0 Å². The molecule has 0 bridgehead atoms. The van der Waals surface area contributed by atoms with E-state index >= 15 is 0 Å². The van der Waals surface area contributed by atoms with Crippen molar-refractivity contribution in [2.75, 3.05) is 11.2 Å². The summed E-state index contributed by atoms with van der Waals surface area (Å²) < 4.78 is -0.481. The summed E-state index contributed by atoms with van der Waals surface area (Å²) in [6, 6.07) is 0. The molecule has 1 unspecified atom stereocenters. The third-order valence-electron chi connectivity index (χ3n) is 2.29. The van der Waals surface area contributed by atoms with Gasteiger partial charge in [0.1, 0.15) is 0 Å². The van der Waals surface area contributed by atoms with E-state index in [-0.39, 0.29) is 0 Å². The summed E-state index contributed by atoms with van der Waals surface area (Å²) in [7, 11) is 0. The zero-order valence-corrected chi connectivity index (χ0v) is 12.8. The van der Waals surface area contributed by atoms with Crippen molar-refractivity contribution in [3.63, 3.8) is 0 Å². The molecule has 5 heteroatoms. The number of hydrogen-bond donors (Lipinski definition) is 2. The minimum atomic E-state index is -0.563. The van der Waals surface area contributed by atoms with E-state index in [2.05, 4.69) is 31.9 Å². The van der Waals surface area contributed by atoms with Gasteiger partial charge in [0.25, 0.3) is 0 Å². The van der Waals surface area contributed by atoms with Crippen LogP contribution < -0.4 is 0 Å². The number of hydrogen-bond acceptors (Lipinski definition) is 2. The predicted octanol–water partition coefficient (Wildman–Crippen LogP) is 2.83. The quantitative estimate of drug-likeness (QED) is 0.562. The first-order chi connectivity index (χ1) is 6.85. The molecular weight excluding hydrogens is 347 g/mol. The van der Waals surface area contributed by atoms with E-state index in [0.717, 1.165) is 5.57 Å². The highest BCUT2D eigenvalue weighted by Gasteiger charge is 2.28. The van der Waals surface area contributed by atoms with Gasteiger partial charge in [0.2, 0.25) is 0 Å². The summed E-state index contributed by atoms with van der Waals surface area (Å²) in [6.07, 6.45) is 1.26. The first-order valence-electron chi connectivity index (χ1n) is 4.68. The van der Waals surface area contributed by atoms with Crippen molar-refractivity contribution in [1.82, 2.24) is 0 Å². The molecule has 0 radical (unpaired) electrons. The summed E-state index contributed by atoms with van der Waals surface area (Å²) in [5.41, 5.74) is 0.851. The maximum atomic E-state index is 9.81. The van der Waals surface area contributed by atoms with E-state index < -0.39 is 16.5 Å². The lowest BCUT2D eigenvalue weighted by Gasteiger charge is -2.25. The van der Waals surface area contributed by atoms with Crippen LogP contribution in [0.5, 0.6) is 0 Å². The maximum absolute atomic E-state index is 9.81. The molecule has 0 spiro atoms. The van der Waals surface area contributed by atoms with E-state index in [0.29, 0.717) is 17.6 Å². The lowest BCUT2D eigenvalue weighted by molar-refractivity contribution is 0.148. The molecule has 2 nitrogen and oxygen atoms in total. The average Bonchev–Trinajstić information content (AvgIpc) is 2.23. The van der Waals surface area contributed by atoms with Crippen molar-refractivity contribution in [3.8, 4) is 0 Å². The zero-order valence-electron chi connectivity index (χ0n) is 8.88. The Morgan fingerprint density at radius 3 is 2.47 bits per heavy atom. The van der Waals surface area contributed by atoms with Crippen LogP contribution in [0.2, 0.25) is 0 Å². The van der Waals surface area contributed by atoms with E-state index in [9.17, 15) is 10.2 Å². The lowest BCUT2D eigenvalue weighted by atomic mass is 10.0. The van der Waals surface area contributed by atoms with Gasteiger partial charge in [0, 0.05) is 11.2 Å². The second-order valence-electron chi connectivity index (χ2n) is 3.78. The van der Waals surface area contributed by atoms with E-state index in [1.807, 2.05) is 19.9 Å². The van der Waals surface area contributed by atoms with Gasteiger partial charge in [-0.2, -0.15) is 0 Å². The normalized spacial score (nSPS) is 20.9. The van der Waals surface area contributed by atoms with Gasteiger partial charge >= 0.3 is 0 Å². The van der Waals surface area contributed by atoms with Crippen LogP contribution in [0.1, 0.15) is 20.3 Å². The standard InChI is InChI=1S/C10H17Br2ClO2/c1-7(8(14)5-11)3-4-9(15)10(2,12)6-13/h3,8-9,14-15H,4-6H2,1-2H3/b7-3+/t8?,9-,10-/m1/s1. The van der Waals surface area contributed by atoms with Crippen LogP contribution >= 0.6 is 43.5 Å². The Morgan fingerprint density at radius 1 is 1.53 bits per heavy atom. The largest absolute Gasteiger partial charge is 0.391 e. The summed E-state index contributed by atoms with van der Waals surface area (Å²) in [6.45, 7) is 3.68. The average molecular weight is 365 g/mol. The van der Waals surface area contributed by atoms with Crippen LogP contribution in [0.25, 0.3) is 0 Å². The molecule has 0 saturated heterocycles. The summed E-state index contributed by atoms with van der Waals surface area (Å²) in [4.78, 5) is 0. The number of alkyl halides is 3. The van der Waals surface area contributed by atoms with Gasteiger partial charge in [-0.3, -0.25) is 0 Å². The fourth-order valence-electron chi connectivity index (χ4n) is 0.890. The van der Waals surface area contributed by atoms with Crippen molar-refractivity contribution >= 4 is 43.5 Å². The van der Waals surface area contributed by atoms with Crippen LogP contribution in [0.4, 0.5) is 0 Å². The molecule has 0 rings (SSSR count). The van der Waals surface area contributed by atoms with Gasteiger partial charge in [0.15, 0.2) is 0 Å². The SMILES string of the molecule is C/C(=C\C[C@@H](O)[C@](C)(Br)CCl)C(O)CBr. The molecule has 90 valence electrons. The van der Waals surface area contributed by atoms with Crippen LogP contribution in [-0.4, -0.2) is 38.0 Å². The van der Waals surface area contributed by atoms with Crippen molar-refractivity contribution in [3.05, 3.63) is 11.6 Å². The molecular formula is C10H17Br2ClO2. The summed E-state index contributed by atoms with van der Waals surface area (Å²) in [5.74, 6) is 0.335. The van der Waals surface area contributed by atoms with Crippen molar-refractivity contribution in [1.29, 1.82) is 0 Å². The van der Waals surface area contributed by atoms with E-state index in [1.54, 1.807) is 0 Å². The van der Waals surface area contributed by atoms with Gasteiger partial charge in [-0.05, 0) is 25.8 Å². The molecule has 0 fully saturated rings. The first-order valence-corrected chi connectivity index (χ1v) is 7.13. The lowest BCUT2D eigenvalue weighted by Crippen LogP contribution is -2.34. The maximum Gasteiger partial charge on any atom is 0.0844 e. The van der Waals surface area contributed by atoms with Crippen molar-refractivity contribution in [2.24, 2.45) is 0 Å². The Hall–Kier alpha value is 0.910. The van der Waals surface area contributed by atoms with E-state index in [4.69, 9.17) is 11.6 Å². The van der Waals surface area contributed by atoms with Gasteiger partial charge in [-0.1, -0.05) is 37.9 Å². The topological polar surface area (TPSA) is 40.5 Å². The van der Waals surface area contributed by atoms with Crippen molar-refractivity contribution in [2.45, 2.75) is 36.8 Å². The molecule has 0 aliphatic rings. The first kappa shape index (κ1) is 15.9. The highest BCUT2D eigenvalue weighted by atomic mass is 79.9. The highest BCUT2D eigenvalue weighted by Crippen LogP contribution is 2.26. The Bertz CT molecular complexity index is 219. The highest BCUT2D eigenvalue weighted by molar-refractivity contribution is 9.10. The smallest absolute Gasteiger partial charge is 0.0844 e. The number of aliphatic hydroxyl groups is 2. The van der Waals surface area contributed by atoms with Crippen LogP contribution in [0, 0.1) is 0 Å². The number of aliphatic hydroxyl groups excluding tert-OH is 2. The van der Waals surface area contributed by atoms with Gasteiger partial charge in [-0.15, -0.1) is 11.6 Å². The monoisotopic (exact) mass is 362 g/mol. The molecule has 0 saturated carbocycles. The Labute approximate surface area is 113 Å². The molecule has 2 N–H and O–H groups in total. The minimum Gasteiger partial charge on any atom is -0.391 e. The molecule has 3 atom stereocenters. The van der Waals surface area contributed by atoms with Gasteiger partial charge in [-0.25, -0.2) is 0 Å². The predicted molar refractivity (Wildman–Crippen MR) is 72.2 cm³/mol. The molecule has 0 heterocycles. The molecule has 0 amide bonds. The fourth-order valence-corrected chi connectivity index (χ4v) is 1.77. The summed E-state index contributed by atoms with van der Waals surface area (Å²) >= 11 is 12.3. The molecule has 0 aliphatic carbocycles. The number of halogens is 3. The molecule has 0 aromatic carbocycles. The van der Waals surface area contributed by atoms with Crippen LogP contribution in [-0.2, 0) is 0 Å². The number of rotatable bonds is 6. The zero-order chi connectivity index (χ0) is 12.1.